The molecule has 0 aromatic heterocycles. The minimum Gasteiger partial charge on any atom is -0.0848 e. The highest BCUT2D eigenvalue weighted by atomic mass is 35.5. The van der Waals surface area contributed by atoms with Crippen LogP contribution in [0.4, 0.5) is 0 Å². The Morgan fingerprint density at radius 1 is 0.654 bits per heavy atom. The molecule has 0 aliphatic heterocycles. The molecule has 1 atom stereocenters. The van der Waals surface area contributed by atoms with Gasteiger partial charge in [0.2, 0.25) is 0 Å². The molecular formula is C25H17Cl. The highest BCUT2D eigenvalue weighted by Gasteiger charge is 2.14. The Morgan fingerprint density at radius 2 is 1.35 bits per heavy atom. The summed E-state index contributed by atoms with van der Waals surface area (Å²) in [6.45, 7) is 0. The van der Waals surface area contributed by atoms with Gasteiger partial charge in [0, 0.05) is 10.6 Å². The standard InChI is InChI=1S/C25H17Cl/c26-22-16-14-21(15-17-22)24(18-13-19-7-2-1-3-8-19)25-12-6-10-20-9-4-5-11-23(20)25/h1-12,14-17,24H/t24-/m1/s1. The molecule has 124 valence electrons. The van der Waals surface area contributed by atoms with Crippen molar-refractivity contribution in [3.8, 4) is 11.8 Å². The third-order valence-electron chi connectivity index (χ3n) is 4.47. The van der Waals surface area contributed by atoms with Gasteiger partial charge in [-0.1, -0.05) is 96.2 Å². The van der Waals surface area contributed by atoms with Gasteiger partial charge in [0.25, 0.3) is 0 Å². The lowest BCUT2D eigenvalue weighted by atomic mass is 9.88. The Bertz CT molecular complexity index is 1080. The second-order valence-corrected chi connectivity index (χ2v) is 6.62. The summed E-state index contributed by atoms with van der Waals surface area (Å²) in [5, 5.41) is 3.20. The molecule has 4 aromatic carbocycles. The summed E-state index contributed by atoms with van der Waals surface area (Å²) < 4.78 is 0. The Balaban J connectivity index is 1.88. The molecule has 0 spiro atoms. The lowest BCUT2D eigenvalue weighted by Gasteiger charge is -2.15. The highest BCUT2D eigenvalue weighted by Crippen LogP contribution is 2.31. The van der Waals surface area contributed by atoms with Crippen LogP contribution in [0.25, 0.3) is 10.8 Å². The Morgan fingerprint density at radius 3 is 2.15 bits per heavy atom. The molecule has 0 aliphatic carbocycles. The van der Waals surface area contributed by atoms with Crippen molar-refractivity contribution in [3.63, 3.8) is 0 Å². The van der Waals surface area contributed by atoms with E-state index in [-0.39, 0.29) is 5.92 Å². The van der Waals surface area contributed by atoms with Crippen LogP contribution in [0.2, 0.25) is 5.02 Å². The lowest BCUT2D eigenvalue weighted by molar-refractivity contribution is 1.08. The van der Waals surface area contributed by atoms with E-state index in [0.29, 0.717) is 0 Å². The zero-order valence-corrected chi connectivity index (χ0v) is 14.9. The van der Waals surface area contributed by atoms with Crippen molar-refractivity contribution in [2.24, 2.45) is 0 Å². The number of rotatable bonds is 2. The van der Waals surface area contributed by atoms with Crippen molar-refractivity contribution in [2.45, 2.75) is 5.92 Å². The summed E-state index contributed by atoms with van der Waals surface area (Å²) in [6, 6.07) is 33.0. The zero-order valence-electron chi connectivity index (χ0n) is 14.2. The predicted molar refractivity (Wildman–Crippen MR) is 111 cm³/mol. The topological polar surface area (TPSA) is 0 Å². The summed E-state index contributed by atoms with van der Waals surface area (Å²) >= 11 is 6.09. The fourth-order valence-electron chi connectivity index (χ4n) is 3.18. The van der Waals surface area contributed by atoms with E-state index in [9.17, 15) is 0 Å². The molecule has 0 heterocycles. The van der Waals surface area contributed by atoms with Gasteiger partial charge in [-0.25, -0.2) is 0 Å². The third kappa shape index (κ3) is 3.49. The molecule has 0 radical (unpaired) electrons. The fourth-order valence-corrected chi connectivity index (χ4v) is 3.30. The number of hydrogen-bond acceptors (Lipinski definition) is 0. The maximum absolute atomic E-state index is 6.09. The van der Waals surface area contributed by atoms with Gasteiger partial charge in [-0.2, -0.15) is 0 Å². The maximum atomic E-state index is 6.09. The average Bonchev–Trinajstić information content (AvgIpc) is 2.70. The van der Waals surface area contributed by atoms with Crippen LogP contribution >= 0.6 is 11.6 Å². The number of halogens is 1. The first-order chi connectivity index (χ1) is 12.8. The molecule has 0 aliphatic rings. The summed E-state index contributed by atoms with van der Waals surface area (Å²) in [5.41, 5.74) is 3.38. The molecule has 0 N–H and O–H groups in total. The summed E-state index contributed by atoms with van der Waals surface area (Å²) in [6.07, 6.45) is 0. The van der Waals surface area contributed by atoms with Gasteiger partial charge >= 0.3 is 0 Å². The van der Waals surface area contributed by atoms with E-state index in [1.807, 2.05) is 42.5 Å². The van der Waals surface area contributed by atoms with Crippen LogP contribution in [0.15, 0.2) is 97.1 Å². The number of benzene rings is 4. The summed E-state index contributed by atoms with van der Waals surface area (Å²) in [4.78, 5) is 0. The van der Waals surface area contributed by atoms with Crippen LogP contribution in [-0.4, -0.2) is 0 Å². The Kier molecular flexibility index (Phi) is 4.73. The van der Waals surface area contributed by atoms with Gasteiger partial charge in [0.05, 0.1) is 5.92 Å². The molecular weight excluding hydrogens is 336 g/mol. The maximum Gasteiger partial charge on any atom is 0.0711 e. The van der Waals surface area contributed by atoms with E-state index in [2.05, 4.69) is 66.4 Å². The van der Waals surface area contributed by atoms with Gasteiger partial charge in [-0.3, -0.25) is 0 Å². The van der Waals surface area contributed by atoms with Crippen LogP contribution in [0.3, 0.4) is 0 Å². The fraction of sp³-hybridized carbons (Fsp3) is 0.0400. The van der Waals surface area contributed by atoms with Gasteiger partial charge < -0.3 is 0 Å². The van der Waals surface area contributed by atoms with E-state index >= 15 is 0 Å². The van der Waals surface area contributed by atoms with Crippen molar-refractivity contribution < 1.29 is 0 Å². The van der Waals surface area contributed by atoms with Gasteiger partial charge in [-0.05, 0) is 46.2 Å². The number of hydrogen-bond donors (Lipinski definition) is 0. The molecule has 4 rings (SSSR count). The minimum absolute atomic E-state index is 0.0152. The van der Waals surface area contributed by atoms with Crippen LogP contribution in [0, 0.1) is 11.8 Å². The molecule has 0 bridgehead atoms. The quantitative estimate of drug-likeness (QED) is 0.353. The Labute approximate surface area is 159 Å². The molecule has 0 amide bonds. The van der Waals surface area contributed by atoms with Gasteiger partial charge in [0.15, 0.2) is 0 Å². The van der Waals surface area contributed by atoms with Crippen molar-refractivity contribution in [3.05, 3.63) is 119 Å². The van der Waals surface area contributed by atoms with E-state index in [4.69, 9.17) is 11.6 Å². The second kappa shape index (κ2) is 7.48. The first-order valence-electron chi connectivity index (χ1n) is 8.61. The van der Waals surface area contributed by atoms with Crippen LogP contribution in [0.5, 0.6) is 0 Å². The SMILES string of the molecule is Clc1ccc([C@@H](C#Cc2ccccc2)c2cccc3ccccc23)cc1. The molecule has 0 unspecified atom stereocenters. The van der Waals surface area contributed by atoms with E-state index in [1.54, 1.807) is 0 Å². The van der Waals surface area contributed by atoms with Crippen LogP contribution in [0.1, 0.15) is 22.6 Å². The number of fused-ring (bicyclic) bond motifs is 1. The summed E-state index contributed by atoms with van der Waals surface area (Å²) in [7, 11) is 0. The van der Waals surface area contributed by atoms with Crippen molar-refractivity contribution in [1.82, 2.24) is 0 Å². The molecule has 26 heavy (non-hydrogen) atoms. The smallest absolute Gasteiger partial charge is 0.0711 e. The molecule has 0 nitrogen and oxygen atoms in total. The molecule has 0 saturated heterocycles. The van der Waals surface area contributed by atoms with Gasteiger partial charge in [0.1, 0.15) is 0 Å². The molecule has 0 saturated carbocycles. The third-order valence-corrected chi connectivity index (χ3v) is 4.72. The van der Waals surface area contributed by atoms with Crippen LogP contribution < -0.4 is 0 Å². The first kappa shape index (κ1) is 16.5. The summed E-state index contributed by atoms with van der Waals surface area (Å²) in [5.74, 6) is 6.81. The van der Waals surface area contributed by atoms with Crippen molar-refractivity contribution in [1.29, 1.82) is 0 Å². The Hall–Kier alpha value is -3.01. The van der Waals surface area contributed by atoms with Crippen LogP contribution in [-0.2, 0) is 0 Å². The molecule has 1 heteroatoms. The highest BCUT2D eigenvalue weighted by molar-refractivity contribution is 6.30. The molecule has 4 aromatic rings. The molecule has 0 fully saturated rings. The monoisotopic (exact) mass is 352 g/mol. The predicted octanol–water partition coefficient (Wildman–Crippen LogP) is 6.68. The normalized spacial score (nSPS) is 11.6. The lowest BCUT2D eigenvalue weighted by Crippen LogP contribution is -1.99. The minimum atomic E-state index is -0.0152. The van der Waals surface area contributed by atoms with Crippen molar-refractivity contribution in [2.75, 3.05) is 0 Å². The second-order valence-electron chi connectivity index (χ2n) is 6.19. The zero-order chi connectivity index (χ0) is 17.8. The van der Waals surface area contributed by atoms with E-state index in [0.717, 1.165) is 16.1 Å². The first-order valence-corrected chi connectivity index (χ1v) is 8.99. The largest absolute Gasteiger partial charge is 0.0848 e. The van der Waals surface area contributed by atoms with E-state index in [1.165, 1.54) is 16.3 Å². The van der Waals surface area contributed by atoms with Gasteiger partial charge in [-0.15, -0.1) is 0 Å². The average molecular weight is 353 g/mol. The van der Waals surface area contributed by atoms with Crippen molar-refractivity contribution >= 4 is 22.4 Å². The van der Waals surface area contributed by atoms with E-state index < -0.39 is 0 Å².